The van der Waals surface area contributed by atoms with Gasteiger partial charge in [0.05, 0.1) is 18.3 Å². The van der Waals surface area contributed by atoms with Crippen LogP contribution in [0, 0.1) is 0 Å². The summed E-state index contributed by atoms with van der Waals surface area (Å²) in [6.07, 6.45) is 7.85. The number of ether oxygens (including phenoxy) is 1. The van der Waals surface area contributed by atoms with Crippen LogP contribution in [0.25, 0.3) is 43.6 Å². The van der Waals surface area contributed by atoms with Gasteiger partial charge in [-0.05, 0) is 24.3 Å². The molecule has 0 fully saturated rings. The van der Waals surface area contributed by atoms with E-state index in [4.69, 9.17) is 9.72 Å². The number of fused-ring (bicyclic) bond motifs is 2. The maximum absolute atomic E-state index is 5.37. The lowest BCUT2D eigenvalue weighted by atomic mass is 10.1. The Balaban J connectivity index is 1.65. The Morgan fingerprint density at radius 2 is 2.08 bits per heavy atom. The molecule has 0 saturated heterocycles. The molecule has 5 aromatic rings. The second-order valence-corrected chi connectivity index (χ2v) is 7.06. The maximum atomic E-state index is 5.37. The van der Waals surface area contributed by atoms with E-state index in [1.165, 1.54) is 0 Å². The van der Waals surface area contributed by atoms with Gasteiger partial charge < -0.3 is 14.3 Å². The van der Waals surface area contributed by atoms with Gasteiger partial charge in [-0.3, -0.25) is 4.98 Å². The Bertz CT molecular complexity index is 1250. The molecule has 1 N–H and O–H groups in total. The van der Waals surface area contributed by atoms with Gasteiger partial charge in [0, 0.05) is 64.6 Å². The predicted octanol–water partition coefficient (Wildman–Crippen LogP) is 4.85. The van der Waals surface area contributed by atoms with Gasteiger partial charge >= 0.3 is 0 Å². The highest BCUT2D eigenvalue weighted by molar-refractivity contribution is 7.13. The smallest absolute Gasteiger partial charge is 0.126 e. The van der Waals surface area contributed by atoms with E-state index < -0.39 is 0 Å². The van der Waals surface area contributed by atoms with Crippen LogP contribution < -0.4 is 4.74 Å². The molecule has 5 rings (SSSR count). The summed E-state index contributed by atoms with van der Waals surface area (Å²) in [5.74, 6) is 0.843. The lowest BCUT2D eigenvalue weighted by molar-refractivity contribution is 0.415. The number of hydrogen-bond acceptors (Lipinski definition) is 4. The molecule has 0 bridgehead atoms. The van der Waals surface area contributed by atoms with Crippen molar-refractivity contribution in [2.45, 2.75) is 0 Å². The monoisotopic (exact) mass is 360 g/mol. The number of aromatic amines is 1. The quantitative estimate of drug-likeness (QED) is 0.500. The van der Waals surface area contributed by atoms with Gasteiger partial charge in [0.15, 0.2) is 0 Å². The average molecular weight is 360 g/mol. The fourth-order valence-corrected chi connectivity index (χ4v) is 4.21. The average Bonchev–Trinajstić information content (AvgIpc) is 3.38. The van der Waals surface area contributed by atoms with Crippen molar-refractivity contribution in [3.8, 4) is 27.6 Å². The molecule has 0 spiro atoms. The molecule has 5 nitrogen and oxygen atoms in total. The van der Waals surface area contributed by atoms with Crippen molar-refractivity contribution in [1.82, 2.24) is 19.5 Å². The number of pyridine rings is 1. The molecule has 6 heteroatoms. The minimum Gasteiger partial charge on any atom is -0.497 e. The second kappa shape index (κ2) is 5.71. The third-order valence-corrected chi connectivity index (χ3v) is 5.57. The molecule has 128 valence electrons. The van der Waals surface area contributed by atoms with E-state index in [0.717, 1.165) is 49.4 Å². The standard InChI is InChI=1S/C20H16N4OS/c1-24-10-16(14-8-21-6-5-19(14)24)18-11-26-20(23-18)15-9-22-17-4-3-12(25-2)7-13(15)17/h3-11,22H,1-2H3. The third-order valence-electron chi connectivity index (χ3n) is 4.69. The van der Waals surface area contributed by atoms with Crippen molar-refractivity contribution in [3.63, 3.8) is 0 Å². The summed E-state index contributed by atoms with van der Waals surface area (Å²) in [6.45, 7) is 0. The Morgan fingerprint density at radius 1 is 1.15 bits per heavy atom. The SMILES string of the molecule is COc1ccc2[nH]cc(-c3nc(-c4cn(C)c5ccncc45)cs3)c2c1. The van der Waals surface area contributed by atoms with Crippen molar-refractivity contribution in [2.75, 3.05) is 7.11 Å². The number of aromatic nitrogens is 4. The largest absolute Gasteiger partial charge is 0.497 e. The van der Waals surface area contributed by atoms with Gasteiger partial charge in [0.2, 0.25) is 0 Å². The van der Waals surface area contributed by atoms with Crippen molar-refractivity contribution in [1.29, 1.82) is 0 Å². The first-order chi connectivity index (χ1) is 12.7. The van der Waals surface area contributed by atoms with E-state index in [-0.39, 0.29) is 0 Å². The highest BCUT2D eigenvalue weighted by Crippen LogP contribution is 2.37. The first kappa shape index (κ1) is 15.2. The number of methoxy groups -OCH3 is 1. The van der Waals surface area contributed by atoms with E-state index in [2.05, 4.69) is 26.1 Å². The molecule has 4 aromatic heterocycles. The zero-order chi connectivity index (χ0) is 17.7. The topological polar surface area (TPSA) is 55.7 Å². The molecular formula is C20H16N4OS. The summed E-state index contributed by atoms with van der Waals surface area (Å²) in [6, 6.07) is 8.06. The minimum absolute atomic E-state index is 0.843. The zero-order valence-electron chi connectivity index (χ0n) is 14.4. The first-order valence-electron chi connectivity index (χ1n) is 8.25. The molecule has 1 aromatic carbocycles. The molecule has 4 heterocycles. The van der Waals surface area contributed by atoms with Crippen LogP contribution in [-0.4, -0.2) is 26.6 Å². The number of aryl methyl sites for hydroxylation is 1. The molecule has 0 atom stereocenters. The molecular weight excluding hydrogens is 344 g/mol. The Morgan fingerprint density at radius 3 is 2.96 bits per heavy atom. The van der Waals surface area contributed by atoms with Crippen molar-refractivity contribution in [2.24, 2.45) is 7.05 Å². The van der Waals surface area contributed by atoms with Crippen LogP contribution in [0.1, 0.15) is 0 Å². The maximum Gasteiger partial charge on any atom is 0.126 e. The highest BCUT2D eigenvalue weighted by Gasteiger charge is 2.15. The van der Waals surface area contributed by atoms with Crippen molar-refractivity contribution >= 4 is 33.1 Å². The molecule has 0 amide bonds. The summed E-state index contributed by atoms with van der Waals surface area (Å²) >= 11 is 1.65. The van der Waals surface area contributed by atoms with Gasteiger partial charge in [0.1, 0.15) is 10.8 Å². The van der Waals surface area contributed by atoms with Crippen LogP contribution in [0.3, 0.4) is 0 Å². The van der Waals surface area contributed by atoms with Gasteiger partial charge in [-0.25, -0.2) is 4.98 Å². The fourth-order valence-electron chi connectivity index (χ4n) is 3.36. The number of hydrogen-bond donors (Lipinski definition) is 1. The number of nitrogens with one attached hydrogen (secondary N) is 1. The minimum atomic E-state index is 0.843. The highest BCUT2D eigenvalue weighted by atomic mass is 32.1. The van der Waals surface area contributed by atoms with E-state index in [1.54, 1.807) is 18.4 Å². The summed E-state index contributed by atoms with van der Waals surface area (Å²) < 4.78 is 7.48. The molecule has 26 heavy (non-hydrogen) atoms. The Hall–Kier alpha value is -3.12. The molecule has 0 radical (unpaired) electrons. The number of H-pyrrole nitrogens is 1. The second-order valence-electron chi connectivity index (χ2n) is 6.20. The lowest BCUT2D eigenvalue weighted by Crippen LogP contribution is -1.82. The van der Waals surface area contributed by atoms with Gasteiger partial charge in [0.25, 0.3) is 0 Å². The molecule has 0 unspecified atom stereocenters. The van der Waals surface area contributed by atoms with Crippen LogP contribution >= 0.6 is 11.3 Å². The molecule has 0 aliphatic carbocycles. The molecule has 0 aliphatic heterocycles. The van der Waals surface area contributed by atoms with E-state index in [9.17, 15) is 0 Å². The first-order valence-corrected chi connectivity index (χ1v) is 9.13. The van der Waals surface area contributed by atoms with Crippen LogP contribution in [0.5, 0.6) is 5.75 Å². The van der Waals surface area contributed by atoms with E-state index in [0.29, 0.717) is 0 Å². The van der Waals surface area contributed by atoms with Crippen LogP contribution in [0.15, 0.2) is 54.4 Å². The number of benzene rings is 1. The van der Waals surface area contributed by atoms with Crippen LogP contribution in [0.2, 0.25) is 0 Å². The van der Waals surface area contributed by atoms with E-state index in [1.807, 2.05) is 49.9 Å². The van der Waals surface area contributed by atoms with Crippen molar-refractivity contribution in [3.05, 3.63) is 54.4 Å². The van der Waals surface area contributed by atoms with Crippen LogP contribution in [-0.2, 0) is 7.05 Å². The number of thiazole rings is 1. The van der Waals surface area contributed by atoms with E-state index >= 15 is 0 Å². The number of nitrogens with zero attached hydrogens (tertiary/aromatic N) is 3. The van der Waals surface area contributed by atoms with Gasteiger partial charge in [-0.15, -0.1) is 11.3 Å². The van der Waals surface area contributed by atoms with Gasteiger partial charge in [-0.2, -0.15) is 0 Å². The summed E-state index contributed by atoms with van der Waals surface area (Å²) in [4.78, 5) is 12.5. The Kier molecular flexibility index (Phi) is 3.33. The summed E-state index contributed by atoms with van der Waals surface area (Å²) in [7, 11) is 3.73. The lowest BCUT2D eigenvalue weighted by Gasteiger charge is -2.00. The number of rotatable bonds is 3. The normalized spacial score (nSPS) is 11.5. The zero-order valence-corrected chi connectivity index (χ0v) is 15.2. The van der Waals surface area contributed by atoms with Crippen LogP contribution in [0.4, 0.5) is 0 Å². The van der Waals surface area contributed by atoms with Gasteiger partial charge in [-0.1, -0.05) is 0 Å². The summed E-state index contributed by atoms with van der Waals surface area (Å²) in [5, 5.41) is 5.33. The molecule has 0 aliphatic rings. The predicted molar refractivity (Wildman–Crippen MR) is 106 cm³/mol. The third kappa shape index (κ3) is 2.23. The summed E-state index contributed by atoms with van der Waals surface area (Å²) in [5.41, 5.74) is 5.40. The fraction of sp³-hybridized carbons (Fsp3) is 0.100. The Labute approximate surface area is 153 Å². The molecule has 0 saturated carbocycles. The van der Waals surface area contributed by atoms with Crippen molar-refractivity contribution < 1.29 is 4.74 Å².